The van der Waals surface area contributed by atoms with E-state index in [4.69, 9.17) is 9.15 Å². The summed E-state index contributed by atoms with van der Waals surface area (Å²) in [6, 6.07) is 13.3. The molecule has 1 fully saturated rings. The van der Waals surface area contributed by atoms with Crippen LogP contribution in [0.3, 0.4) is 0 Å². The molecule has 8 heteroatoms. The fraction of sp³-hybridized carbons (Fsp3) is 0.348. The van der Waals surface area contributed by atoms with Crippen molar-refractivity contribution in [2.75, 3.05) is 19.7 Å². The van der Waals surface area contributed by atoms with Crippen LogP contribution in [-0.2, 0) is 10.0 Å². The summed E-state index contributed by atoms with van der Waals surface area (Å²) < 4.78 is 38.6. The average Bonchev–Trinajstić information content (AvgIpc) is 3.45. The maximum atomic E-state index is 12.8. The number of benzene rings is 2. The Morgan fingerprint density at radius 1 is 1.16 bits per heavy atom. The quantitative estimate of drug-likeness (QED) is 0.595. The highest BCUT2D eigenvalue weighted by atomic mass is 32.2. The fourth-order valence-corrected chi connectivity index (χ4v) is 5.33. The Hall–Kier alpha value is -2.84. The normalized spacial score (nSPS) is 15.8. The molecule has 0 saturated carbocycles. The molecule has 164 valence electrons. The molecule has 0 bridgehead atoms. The van der Waals surface area contributed by atoms with Gasteiger partial charge >= 0.3 is 0 Å². The van der Waals surface area contributed by atoms with Gasteiger partial charge in [0.15, 0.2) is 11.3 Å². The van der Waals surface area contributed by atoms with Crippen LogP contribution >= 0.6 is 0 Å². The first-order valence-corrected chi connectivity index (χ1v) is 11.9. The van der Waals surface area contributed by atoms with E-state index in [9.17, 15) is 13.2 Å². The van der Waals surface area contributed by atoms with Crippen LogP contribution in [0.15, 0.2) is 57.8 Å². The molecule has 1 amide bonds. The van der Waals surface area contributed by atoms with Crippen molar-refractivity contribution in [3.05, 3.63) is 59.9 Å². The van der Waals surface area contributed by atoms with Crippen molar-refractivity contribution >= 4 is 26.9 Å². The molecular weight excluding hydrogens is 416 g/mol. The van der Waals surface area contributed by atoms with E-state index in [2.05, 4.69) is 5.32 Å². The number of carbonyl (C=O) groups is 1. The zero-order valence-electron chi connectivity index (χ0n) is 17.6. The minimum Gasteiger partial charge on any atom is -0.490 e. The molecule has 2 heterocycles. The molecule has 31 heavy (non-hydrogen) atoms. The molecule has 1 aliphatic rings. The third kappa shape index (κ3) is 4.31. The number of hydrogen-bond acceptors (Lipinski definition) is 5. The molecule has 0 spiro atoms. The Kier molecular flexibility index (Phi) is 6.02. The van der Waals surface area contributed by atoms with Crippen LogP contribution in [0.1, 0.15) is 48.8 Å². The van der Waals surface area contributed by atoms with E-state index >= 15 is 0 Å². The van der Waals surface area contributed by atoms with Gasteiger partial charge in [-0.2, -0.15) is 4.31 Å². The molecule has 3 aromatic rings. The van der Waals surface area contributed by atoms with Gasteiger partial charge in [-0.3, -0.25) is 4.79 Å². The van der Waals surface area contributed by atoms with Gasteiger partial charge < -0.3 is 14.5 Å². The van der Waals surface area contributed by atoms with Crippen molar-refractivity contribution in [2.24, 2.45) is 0 Å². The summed E-state index contributed by atoms with van der Waals surface area (Å²) in [5.41, 5.74) is 0.928. The smallest absolute Gasteiger partial charge is 0.251 e. The summed E-state index contributed by atoms with van der Waals surface area (Å²) in [6.45, 7) is 5.29. The van der Waals surface area contributed by atoms with Crippen molar-refractivity contribution in [1.82, 2.24) is 9.62 Å². The van der Waals surface area contributed by atoms with E-state index in [0.717, 1.165) is 18.2 Å². The lowest BCUT2D eigenvalue weighted by Crippen LogP contribution is -2.29. The zero-order valence-corrected chi connectivity index (χ0v) is 18.4. The van der Waals surface area contributed by atoms with Gasteiger partial charge in [-0.15, -0.1) is 0 Å². The lowest BCUT2D eigenvalue weighted by Gasteiger charge is -2.16. The number of sulfonamides is 1. The highest BCUT2D eigenvalue weighted by Gasteiger charge is 2.28. The van der Waals surface area contributed by atoms with Crippen LogP contribution in [0.25, 0.3) is 11.0 Å². The monoisotopic (exact) mass is 442 g/mol. The van der Waals surface area contributed by atoms with E-state index < -0.39 is 16.1 Å². The predicted molar refractivity (Wildman–Crippen MR) is 118 cm³/mol. The standard InChI is InChI=1S/C23H26N2O5S/c1-3-29-20-11-7-8-17-15-21(30-22(17)20)16(2)24-23(26)18-9-6-10-19(14-18)31(27,28)25-12-4-5-13-25/h6-11,14-16H,3-5,12-13H2,1-2H3,(H,24,26). The third-order valence-electron chi connectivity index (χ3n) is 5.40. The number of rotatable bonds is 7. The van der Waals surface area contributed by atoms with Crippen LogP contribution in [0, 0.1) is 0 Å². The molecule has 1 aromatic heterocycles. The molecule has 1 saturated heterocycles. The number of nitrogens with one attached hydrogen (secondary N) is 1. The number of carbonyl (C=O) groups excluding carboxylic acids is 1. The van der Waals surface area contributed by atoms with Crippen molar-refractivity contribution in [2.45, 2.75) is 37.6 Å². The first-order chi connectivity index (χ1) is 14.9. The van der Waals surface area contributed by atoms with Gasteiger partial charge in [0.2, 0.25) is 10.0 Å². The minimum absolute atomic E-state index is 0.139. The summed E-state index contributed by atoms with van der Waals surface area (Å²) >= 11 is 0. The van der Waals surface area contributed by atoms with Crippen LogP contribution < -0.4 is 10.1 Å². The Labute approximate surface area is 182 Å². The number of fused-ring (bicyclic) bond motifs is 1. The second-order valence-electron chi connectivity index (χ2n) is 7.59. The Bertz CT molecular complexity index is 1200. The second-order valence-corrected chi connectivity index (χ2v) is 9.53. The van der Waals surface area contributed by atoms with Crippen LogP contribution in [0.2, 0.25) is 0 Å². The molecule has 4 rings (SSSR count). The molecule has 1 N–H and O–H groups in total. The van der Waals surface area contributed by atoms with Crippen LogP contribution in [0.4, 0.5) is 0 Å². The van der Waals surface area contributed by atoms with E-state index in [-0.39, 0.29) is 10.8 Å². The highest BCUT2D eigenvalue weighted by Crippen LogP contribution is 2.31. The Balaban J connectivity index is 1.53. The van der Waals surface area contributed by atoms with E-state index in [1.54, 1.807) is 12.1 Å². The molecule has 0 aliphatic carbocycles. The van der Waals surface area contributed by atoms with Crippen LogP contribution in [-0.4, -0.2) is 38.3 Å². The van der Waals surface area contributed by atoms with Gasteiger partial charge in [-0.05, 0) is 57.0 Å². The van der Waals surface area contributed by atoms with E-state index in [0.29, 0.717) is 42.4 Å². The van der Waals surface area contributed by atoms with Crippen molar-refractivity contribution in [3.63, 3.8) is 0 Å². The average molecular weight is 443 g/mol. The zero-order chi connectivity index (χ0) is 22.0. The maximum Gasteiger partial charge on any atom is 0.251 e. The highest BCUT2D eigenvalue weighted by molar-refractivity contribution is 7.89. The number of amides is 1. The first kappa shape index (κ1) is 21.4. The lowest BCUT2D eigenvalue weighted by molar-refractivity contribution is 0.0935. The van der Waals surface area contributed by atoms with Gasteiger partial charge in [0, 0.05) is 24.0 Å². The summed E-state index contributed by atoms with van der Waals surface area (Å²) in [7, 11) is -3.58. The maximum absolute atomic E-state index is 12.8. The summed E-state index contributed by atoms with van der Waals surface area (Å²) in [5, 5.41) is 3.78. The number of ether oxygens (including phenoxy) is 1. The van der Waals surface area contributed by atoms with Crippen molar-refractivity contribution in [1.29, 1.82) is 0 Å². The SMILES string of the molecule is CCOc1cccc2cc(C(C)NC(=O)c3cccc(S(=O)(=O)N4CCCC4)c3)oc12. The lowest BCUT2D eigenvalue weighted by atomic mass is 10.1. The first-order valence-electron chi connectivity index (χ1n) is 10.5. The predicted octanol–water partition coefficient (Wildman–Crippen LogP) is 4.11. The molecule has 1 aliphatic heterocycles. The largest absolute Gasteiger partial charge is 0.490 e. The van der Waals surface area contributed by atoms with E-state index in [1.807, 2.05) is 38.1 Å². The van der Waals surface area contributed by atoms with Crippen molar-refractivity contribution < 1.29 is 22.4 Å². The Morgan fingerprint density at radius 2 is 1.90 bits per heavy atom. The van der Waals surface area contributed by atoms with Gasteiger partial charge in [-0.25, -0.2) is 8.42 Å². The molecule has 1 atom stereocenters. The second kappa shape index (κ2) is 8.72. The minimum atomic E-state index is -3.58. The molecular formula is C23H26N2O5S. The number of hydrogen-bond donors (Lipinski definition) is 1. The van der Waals surface area contributed by atoms with Crippen LogP contribution in [0.5, 0.6) is 5.75 Å². The topological polar surface area (TPSA) is 88.8 Å². The van der Waals surface area contributed by atoms with Gasteiger partial charge in [0.25, 0.3) is 5.91 Å². The van der Waals surface area contributed by atoms with Gasteiger partial charge in [-0.1, -0.05) is 18.2 Å². The molecule has 1 unspecified atom stereocenters. The van der Waals surface area contributed by atoms with E-state index in [1.165, 1.54) is 16.4 Å². The number of furan rings is 1. The fourth-order valence-electron chi connectivity index (χ4n) is 3.77. The molecule has 2 aromatic carbocycles. The summed E-state index contributed by atoms with van der Waals surface area (Å²) in [4.78, 5) is 13.0. The summed E-state index contributed by atoms with van der Waals surface area (Å²) in [6.07, 6.45) is 1.72. The number of para-hydroxylation sites is 1. The third-order valence-corrected chi connectivity index (χ3v) is 7.29. The molecule has 0 radical (unpaired) electrons. The number of nitrogens with zero attached hydrogens (tertiary/aromatic N) is 1. The van der Waals surface area contributed by atoms with Gasteiger partial charge in [0.1, 0.15) is 5.76 Å². The molecule has 7 nitrogen and oxygen atoms in total. The Morgan fingerprint density at radius 3 is 2.65 bits per heavy atom. The van der Waals surface area contributed by atoms with Gasteiger partial charge in [0.05, 0.1) is 17.5 Å². The summed E-state index contributed by atoms with van der Waals surface area (Å²) in [5.74, 6) is 0.886. The van der Waals surface area contributed by atoms with Crippen molar-refractivity contribution in [3.8, 4) is 5.75 Å².